The molecule has 2 saturated heterocycles. The van der Waals surface area contributed by atoms with Gasteiger partial charge in [-0.05, 0) is 63.1 Å². The van der Waals surface area contributed by atoms with E-state index in [-0.39, 0.29) is 5.91 Å². The van der Waals surface area contributed by atoms with Crippen LogP contribution in [0, 0.1) is 5.92 Å². The number of anilines is 1. The van der Waals surface area contributed by atoms with Crippen molar-refractivity contribution in [3.8, 4) is 0 Å². The minimum atomic E-state index is 0.120. The van der Waals surface area contributed by atoms with Crippen molar-refractivity contribution in [2.24, 2.45) is 5.92 Å². The molecule has 21 heavy (non-hydrogen) atoms. The van der Waals surface area contributed by atoms with Gasteiger partial charge in [-0.1, -0.05) is 0 Å². The number of carbonyl (C=O) groups is 1. The van der Waals surface area contributed by atoms with Crippen LogP contribution in [0.1, 0.15) is 42.3 Å². The summed E-state index contributed by atoms with van der Waals surface area (Å²) in [6.45, 7) is 6.63. The van der Waals surface area contributed by atoms with E-state index in [9.17, 15) is 4.79 Å². The molecule has 0 aromatic carbocycles. The molecular formula is C16H25N3OS. The number of amides is 1. The lowest BCUT2D eigenvalue weighted by atomic mass is 9.89. The Morgan fingerprint density at radius 2 is 1.95 bits per heavy atom. The van der Waals surface area contributed by atoms with Gasteiger partial charge < -0.3 is 15.5 Å². The summed E-state index contributed by atoms with van der Waals surface area (Å²) in [6.07, 6.45) is 4.93. The average Bonchev–Trinajstić information content (AvgIpc) is 3.17. The smallest absolute Gasteiger partial charge is 0.266 e. The average molecular weight is 307 g/mol. The fourth-order valence-electron chi connectivity index (χ4n) is 3.67. The molecule has 1 atom stereocenters. The van der Waals surface area contributed by atoms with E-state index >= 15 is 0 Å². The van der Waals surface area contributed by atoms with Gasteiger partial charge in [-0.15, -0.1) is 11.3 Å². The maximum Gasteiger partial charge on any atom is 0.266 e. The van der Waals surface area contributed by atoms with E-state index in [0.29, 0.717) is 16.6 Å². The molecule has 0 spiro atoms. The molecule has 1 aromatic rings. The van der Waals surface area contributed by atoms with Crippen LogP contribution in [-0.4, -0.2) is 47.9 Å². The molecule has 3 heterocycles. The number of likely N-dealkylation sites (tertiary alicyclic amines) is 2. The van der Waals surface area contributed by atoms with Crippen molar-refractivity contribution in [2.45, 2.75) is 38.6 Å². The number of nitrogen functional groups attached to an aromatic ring is 1. The molecule has 2 N–H and O–H groups in total. The summed E-state index contributed by atoms with van der Waals surface area (Å²) in [5.74, 6) is 0.850. The molecule has 5 heteroatoms. The number of nitrogens with zero attached hydrogens (tertiary/aromatic N) is 2. The van der Waals surface area contributed by atoms with Crippen LogP contribution in [0.4, 0.5) is 5.69 Å². The third-order valence-corrected chi connectivity index (χ3v) is 6.03. The van der Waals surface area contributed by atoms with Gasteiger partial charge in [0.2, 0.25) is 0 Å². The summed E-state index contributed by atoms with van der Waals surface area (Å²) in [5, 5.41) is 1.89. The van der Waals surface area contributed by atoms with Gasteiger partial charge in [0.1, 0.15) is 4.88 Å². The normalized spacial score (nSPS) is 22.6. The maximum absolute atomic E-state index is 12.5. The Hall–Kier alpha value is -1.07. The van der Waals surface area contributed by atoms with E-state index in [1.165, 1.54) is 37.3 Å². The van der Waals surface area contributed by atoms with Gasteiger partial charge in [-0.2, -0.15) is 0 Å². The third kappa shape index (κ3) is 3.09. The molecule has 116 valence electrons. The highest BCUT2D eigenvalue weighted by atomic mass is 32.1. The van der Waals surface area contributed by atoms with Crippen molar-refractivity contribution in [3.63, 3.8) is 0 Å². The van der Waals surface area contributed by atoms with Crippen LogP contribution in [0.25, 0.3) is 0 Å². The number of rotatable bonds is 3. The second kappa shape index (κ2) is 6.36. The number of piperidine rings is 1. The quantitative estimate of drug-likeness (QED) is 0.934. The van der Waals surface area contributed by atoms with E-state index in [4.69, 9.17) is 5.73 Å². The Kier molecular flexibility index (Phi) is 4.50. The number of carbonyl (C=O) groups excluding carboxylic acids is 1. The van der Waals surface area contributed by atoms with Gasteiger partial charge in [-0.3, -0.25) is 4.79 Å². The van der Waals surface area contributed by atoms with Crippen molar-refractivity contribution < 1.29 is 4.79 Å². The van der Waals surface area contributed by atoms with Gasteiger partial charge in [0.15, 0.2) is 0 Å². The lowest BCUT2D eigenvalue weighted by Crippen LogP contribution is -2.44. The molecule has 0 radical (unpaired) electrons. The largest absolute Gasteiger partial charge is 0.397 e. The Labute approximate surface area is 130 Å². The van der Waals surface area contributed by atoms with E-state index in [1.807, 2.05) is 16.3 Å². The van der Waals surface area contributed by atoms with E-state index < -0.39 is 0 Å². The molecule has 1 amide bonds. The summed E-state index contributed by atoms with van der Waals surface area (Å²) >= 11 is 1.45. The molecule has 3 rings (SSSR count). The molecular weight excluding hydrogens is 282 g/mol. The zero-order valence-corrected chi connectivity index (χ0v) is 13.6. The summed E-state index contributed by atoms with van der Waals surface area (Å²) in [5.41, 5.74) is 6.49. The van der Waals surface area contributed by atoms with Crippen LogP contribution < -0.4 is 5.73 Å². The van der Waals surface area contributed by atoms with E-state index in [1.54, 1.807) is 0 Å². The maximum atomic E-state index is 12.5. The van der Waals surface area contributed by atoms with Crippen LogP contribution in [-0.2, 0) is 0 Å². The highest BCUT2D eigenvalue weighted by Gasteiger charge is 2.31. The monoisotopic (exact) mass is 307 g/mol. The van der Waals surface area contributed by atoms with Crippen LogP contribution in [0.2, 0.25) is 0 Å². The molecule has 4 nitrogen and oxygen atoms in total. The van der Waals surface area contributed by atoms with Crippen LogP contribution in [0.3, 0.4) is 0 Å². The van der Waals surface area contributed by atoms with Crippen LogP contribution in [0.15, 0.2) is 11.4 Å². The number of hydrogen-bond acceptors (Lipinski definition) is 4. The Morgan fingerprint density at radius 1 is 1.29 bits per heavy atom. The standard InChI is InChI=1S/C16H25N3OS/c1-12(18-7-2-3-8-18)13-4-9-19(10-5-13)16(20)15-14(17)6-11-21-15/h6,11-13H,2-5,7-10,17H2,1H3/t12-/m1/s1. The van der Waals surface area contributed by atoms with Crippen molar-refractivity contribution in [1.82, 2.24) is 9.80 Å². The third-order valence-electron chi connectivity index (χ3n) is 5.12. The molecule has 2 aliphatic heterocycles. The van der Waals surface area contributed by atoms with Crippen molar-refractivity contribution in [1.29, 1.82) is 0 Å². The Morgan fingerprint density at radius 3 is 2.52 bits per heavy atom. The molecule has 1 aromatic heterocycles. The van der Waals surface area contributed by atoms with E-state index in [0.717, 1.165) is 31.8 Å². The molecule has 0 aliphatic carbocycles. The Bertz CT molecular complexity index is 487. The first-order valence-corrected chi connectivity index (χ1v) is 8.91. The number of nitrogens with two attached hydrogens (primary N) is 1. The fraction of sp³-hybridized carbons (Fsp3) is 0.688. The first-order valence-electron chi connectivity index (χ1n) is 8.03. The minimum absolute atomic E-state index is 0.120. The Balaban J connectivity index is 1.55. The van der Waals surface area contributed by atoms with E-state index in [2.05, 4.69) is 11.8 Å². The van der Waals surface area contributed by atoms with Crippen molar-refractivity contribution in [3.05, 3.63) is 16.3 Å². The SMILES string of the molecule is C[C@H](C1CCN(C(=O)c2sccc2N)CC1)N1CCCC1. The van der Waals surface area contributed by atoms with Gasteiger partial charge >= 0.3 is 0 Å². The minimum Gasteiger partial charge on any atom is -0.397 e. The predicted molar refractivity (Wildman–Crippen MR) is 87.6 cm³/mol. The summed E-state index contributed by atoms with van der Waals surface area (Å²) < 4.78 is 0. The molecule has 2 aliphatic rings. The second-order valence-corrected chi connectivity index (χ2v) is 7.23. The van der Waals surface area contributed by atoms with Gasteiger partial charge in [0.05, 0.1) is 5.69 Å². The first kappa shape index (κ1) is 14.9. The summed E-state index contributed by atoms with van der Waals surface area (Å²) in [4.78, 5) is 17.8. The zero-order valence-electron chi connectivity index (χ0n) is 12.8. The topological polar surface area (TPSA) is 49.6 Å². The molecule has 0 bridgehead atoms. The van der Waals surface area contributed by atoms with Gasteiger partial charge in [-0.25, -0.2) is 0 Å². The number of thiophene rings is 1. The molecule has 0 saturated carbocycles. The van der Waals surface area contributed by atoms with Gasteiger partial charge in [0, 0.05) is 19.1 Å². The van der Waals surface area contributed by atoms with Crippen LogP contribution >= 0.6 is 11.3 Å². The van der Waals surface area contributed by atoms with Crippen LogP contribution in [0.5, 0.6) is 0 Å². The predicted octanol–water partition coefficient (Wildman–Crippen LogP) is 2.67. The van der Waals surface area contributed by atoms with Crippen molar-refractivity contribution >= 4 is 22.9 Å². The number of hydrogen-bond donors (Lipinski definition) is 1. The highest BCUT2D eigenvalue weighted by molar-refractivity contribution is 7.12. The summed E-state index contributed by atoms with van der Waals surface area (Å²) in [6, 6.07) is 2.48. The molecule has 2 fully saturated rings. The molecule has 0 unspecified atom stereocenters. The first-order chi connectivity index (χ1) is 10.2. The van der Waals surface area contributed by atoms with Gasteiger partial charge in [0.25, 0.3) is 5.91 Å². The second-order valence-electron chi connectivity index (χ2n) is 6.32. The highest BCUT2D eigenvalue weighted by Crippen LogP contribution is 2.28. The fourth-order valence-corrected chi connectivity index (χ4v) is 4.45. The zero-order chi connectivity index (χ0) is 14.8. The van der Waals surface area contributed by atoms with Crippen molar-refractivity contribution in [2.75, 3.05) is 31.9 Å². The summed E-state index contributed by atoms with van der Waals surface area (Å²) in [7, 11) is 0. The lowest BCUT2D eigenvalue weighted by Gasteiger charge is -2.38. The lowest BCUT2D eigenvalue weighted by molar-refractivity contribution is 0.0629.